The predicted molar refractivity (Wildman–Crippen MR) is 61.3 cm³/mol. The van der Waals surface area contributed by atoms with Gasteiger partial charge in [0.15, 0.2) is 0 Å². The fraction of sp³-hybridized carbons (Fsp3) is 0.917. The van der Waals surface area contributed by atoms with Crippen LogP contribution >= 0.6 is 0 Å². The van der Waals surface area contributed by atoms with E-state index in [2.05, 4.69) is 5.32 Å². The van der Waals surface area contributed by atoms with Crippen LogP contribution in [0.4, 0.5) is 13.2 Å². The molecule has 106 valence electrons. The Balaban J connectivity index is 0.000000203. The second-order valence-electron chi connectivity index (χ2n) is 4.90. The summed E-state index contributed by atoms with van der Waals surface area (Å²) >= 11 is 0. The first kappa shape index (κ1) is 15.3. The molecule has 1 heterocycles. The summed E-state index contributed by atoms with van der Waals surface area (Å²) in [4.78, 5) is 8.90. The maximum Gasteiger partial charge on any atom is 0.490 e. The van der Waals surface area contributed by atoms with Gasteiger partial charge < -0.3 is 10.4 Å². The minimum atomic E-state index is -5.08. The molecule has 2 fully saturated rings. The van der Waals surface area contributed by atoms with Gasteiger partial charge in [0.05, 0.1) is 0 Å². The van der Waals surface area contributed by atoms with Gasteiger partial charge in [-0.05, 0) is 38.1 Å². The molecule has 1 unspecified atom stereocenters. The Morgan fingerprint density at radius 3 is 1.94 bits per heavy atom. The number of carboxylic acid groups (broad SMARTS) is 1. The SMILES string of the molecule is C1CCC(C2CCCC2)NC1.O=C(O)C(F)(F)F. The lowest BCUT2D eigenvalue weighted by Gasteiger charge is -2.28. The summed E-state index contributed by atoms with van der Waals surface area (Å²) < 4.78 is 31.7. The van der Waals surface area contributed by atoms with Gasteiger partial charge in [-0.2, -0.15) is 13.2 Å². The van der Waals surface area contributed by atoms with Gasteiger partial charge in [-0.3, -0.25) is 0 Å². The van der Waals surface area contributed by atoms with Crippen molar-refractivity contribution in [3.8, 4) is 0 Å². The molecular weight excluding hydrogens is 247 g/mol. The van der Waals surface area contributed by atoms with E-state index in [4.69, 9.17) is 9.90 Å². The highest BCUT2D eigenvalue weighted by Gasteiger charge is 2.38. The maximum atomic E-state index is 10.6. The molecule has 0 aromatic rings. The molecule has 18 heavy (non-hydrogen) atoms. The summed E-state index contributed by atoms with van der Waals surface area (Å²) in [5.41, 5.74) is 0. The minimum absolute atomic E-state index is 0.895. The van der Waals surface area contributed by atoms with Crippen LogP contribution in [0.2, 0.25) is 0 Å². The summed E-state index contributed by atoms with van der Waals surface area (Å²) in [6, 6.07) is 0.895. The molecular formula is C12H20F3NO2. The molecule has 0 bridgehead atoms. The Morgan fingerprint density at radius 1 is 1.06 bits per heavy atom. The zero-order valence-electron chi connectivity index (χ0n) is 10.3. The van der Waals surface area contributed by atoms with E-state index >= 15 is 0 Å². The molecule has 0 spiro atoms. The van der Waals surface area contributed by atoms with Crippen LogP contribution in [0.5, 0.6) is 0 Å². The normalized spacial score (nSPS) is 25.4. The highest BCUT2D eigenvalue weighted by molar-refractivity contribution is 5.73. The average molecular weight is 267 g/mol. The van der Waals surface area contributed by atoms with Crippen molar-refractivity contribution in [3.63, 3.8) is 0 Å². The largest absolute Gasteiger partial charge is 0.490 e. The maximum absolute atomic E-state index is 10.6. The van der Waals surface area contributed by atoms with Crippen LogP contribution in [0.25, 0.3) is 0 Å². The van der Waals surface area contributed by atoms with E-state index in [1.807, 2.05) is 0 Å². The Hall–Kier alpha value is -0.780. The summed E-state index contributed by atoms with van der Waals surface area (Å²) in [5, 5.41) is 10.8. The van der Waals surface area contributed by atoms with E-state index in [-0.39, 0.29) is 0 Å². The number of alkyl halides is 3. The van der Waals surface area contributed by atoms with E-state index in [0.29, 0.717) is 0 Å². The lowest BCUT2D eigenvalue weighted by molar-refractivity contribution is -0.192. The van der Waals surface area contributed by atoms with Crippen molar-refractivity contribution >= 4 is 5.97 Å². The minimum Gasteiger partial charge on any atom is -0.475 e. The molecule has 6 heteroatoms. The van der Waals surface area contributed by atoms with Crippen LogP contribution in [-0.4, -0.2) is 29.8 Å². The van der Waals surface area contributed by atoms with Gasteiger partial charge in [-0.15, -0.1) is 0 Å². The molecule has 3 nitrogen and oxygen atoms in total. The smallest absolute Gasteiger partial charge is 0.475 e. The first-order valence-electron chi connectivity index (χ1n) is 6.44. The number of rotatable bonds is 1. The van der Waals surface area contributed by atoms with Crippen molar-refractivity contribution in [2.75, 3.05) is 6.54 Å². The Morgan fingerprint density at radius 2 is 1.56 bits per heavy atom. The Kier molecular flexibility index (Phi) is 5.91. The molecule has 2 N–H and O–H groups in total. The van der Waals surface area contributed by atoms with Crippen LogP contribution in [0.3, 0.4) is 0 Å². The third kappa shape index (κ3) is 5.25. The lowest BCUT2D eigenvalue weighted by Crippen LogP contribution is -2.38. The standard InChI is InChI=1S/C10H19N.C2HF3O2/c1-2-6-9(5-1)10-7-3-4-8-11-10;3-2(4,5)1(6)7/h9-11H,1-8H2;(H,6,7). The van der Waals surface area contributed by atoms with Crippen molar-refractivity contribution in [3.05, 3.63) is 0 Å². The van der Waals surface area contributed by atoms with Crippen molar-refractivity contribution in [1.82, 2.24) is 5.32 Å². The molecule has 1 aliphatic carbocycles. The van der Waals surface area contributed by atoms with Gasteiger partial charge in [0, 0.05) is 6.04 Å². The van der Waals surface area contributed by atoms with Gasteiger partial charge in [0.25, 0.3) is 0 Å². The van der Waals surface area contributed by atoms with E-state index in [1.54, 1.807) is 0 Å². The number of hydrogen-bond acceptors (Lipinski definition) is 2. The Labute approximate surface area is 105 Å². The summed E-state index contributed by atoms with van der Waals surface area (Å²) in [7, 11) is 0. The molecule has 1 saturated heterocycles. The van der Waals surface area contributed by atoms with E-state index < -0.39 is 12.1 Å². The number of nitrogens with one attached hydrogen (secondary N) is 1. The van der Waals surface area contributed by atoms with Gasteiger partial charge in [0.1, 0.15) is 0 Å². The summed E-state index contributed by atoms with van der Waals surface area (Å²) in [5.74, 6) is -1.72. The fourth-order valence-corrected chi connectivity index (χ4v) is 2.64. The number of halogens is 3. The number of aliphatic carboxylic acids is 1. The third-order valence-electron chi connectivity index (χ3n) is 3.56. The fourth-order valence-electron chi connectivity index (χ4n) is 2.64. The van der Waals surface area contributed by atoms with E-state index in [9.17, 15) is 13.2 Å². The number of hydrogen-bond donors (Lipinski definition) is 2. The van der Waals surface area contributed by atoms with Crippen LogP contribution in [0, 0.1) is 5.92 Å². The average Bonchev–Trinajstić information content (AvgIpc) is 2.83. The van der Waals surface area contributed by atoms with E-state index in [1.165, 1.54) is 51.5 Å². The molecule has 0 radical (unpaired) electrons. The highest BCUT2D eigenvalue weighted by Crippen LogP contribution is 2.30. The quantitative estimate of drug-likeness (QED) is 0.768. The molecule has 0 aromatic heterocycles. The molecule has 1 saturated carbocycles. The van der Waals surface area contributed by atoms with Gasteiger partial charge in [0.2, 0.25) is 0 Å². The molecule has 2 aliphatic rings. The summed E-state index contributed by atoms with van der Waals surface area (Å²) in [6.45, 7) is 1.28. The first-order valence-corrected chi connectivity index (χ1v) is 6.44. The highest BCUT2D eigenvalue weighted by atomic mass is 19.4. The topological polar surface area (TPSA) is 49.3 Å². The van der Waals surface area contributed by atoms with Crippen LogP contribution in [0.15, 0.2) is 0 Å². The molecule has 1 atom stereocenters. The van der Waals surface area contributed by atoms with Gasteiger partial charge >= 0.3 is 12.1 Å². The summed E-state index contributed by atoms with van der Waals surface area (Å²) in [6.07, 6.45) is 5.21. The number of carbonyl (C=O) groups is 1. The molecule has 0 amide bonds. The number of carboxylic acids is 1. The van der Waals surface area contributed by atoms with Crippen molar-refractivity contribution < 1.29 is 23.1 Å². The second-order valence-corrected chi connectivity index (χ2v) is 4.90. The molecule has 0 aromatic carbocycles. The van der Waals surface area contributed by atoms with Crippen molar-refractivity contribution in [2.45, 2.75) is 57.2 Å². The van der Waals surface area contributed by atoms with Crippen molar-refractivity contribution in [1.29, 1.82) is 0 Å². The second kappa shape index (κ2) is 6.97. The van der Waals surface area contributed by atoms with Gasteiger partial charge in [-0.25, -0.2) is 4.79 Å². The zero-order valence-corrected chi connectivity index (χ0v) is 10.3. The monoisotopic (exact) mass is 267 g/mol. The van der Waals surface area contributed by atoms with Gasteiger partial charge in [-0.1, -0.05) is 19.3 Å². The Bertz CT molecular complexity index is 257. The lowest BCUT2D eigenvalue weighted by atomic mass is 9.91. The third-order valence-corrected chi connectivity index (χ3v) is 3.56. The predicted octanol–water partition coefficient (Wildman–Crippen LogP) is 2.95. The van der Waals surface area contributed by atoms with Crippen LogP contribution in [-0.2, 0) is 4.79 Å². The van der Waals surface area contributed by atoms with Crippen LogP contribution < -0.4 is 5.32 Å². The molecule has 2 rings (SSSR count). The first-order chi connectivity index (χ1) is 8.41. The van der Waals surface area contributed by atoms with Crippen LogP contribution in [0.1, 0.15) is 44.9 Å². The van der Waals surface area contributed by atoms with E-state index in [0.717, 1.165) is 12.0 Å². The van der Waals surface area contributed by atoms with Crippen molar-refractivity contribution in [2.24, 2.45) is 5.92 Å². The zero-order chi connectivity index (χ0) is 13.6. The molecule has 1 aliphatic heterocycles. The number of piperidine rings is 1.